The summed E-state index contributed by atoms with van der Waals surface area (Å²) in [6.07, 6.45) is 1.42. The van der Waals surface area contributed by atoms with Gasteiger partial charge in [0.15, 0.2) is 0 Å². The number of para-hydroxylation sites is 1. The summed E-state index contributed by atoms with van der Waals surface area (Å²) in [7, 11) is 1.79. The number of fused-ring (bicyclic) bond motifs is 1. The molecule has 2 aromatic carbocycles. The lowest BCUT2D eigenvalue weighted by Crippen LogP contribution is -2.35. The number of hydrogen-bond acceptors (Lipinski definition) is 4. The number of amides is 1. The molecular weight excluding hydrogens is 426 g/mol. The van der Waals surface area contributed by atoms with E-state index in [2.05, 4.69) is 27.7 Å². The second kappa shape index (κ2) is 10.4. The van der Waals surface area contributed by atoms with Gasteiger partial charge in [0.05, 0.1) is 29.2 Å². The third-order valence-electron chi connectivity index (χ3n) is 6.04. The van der Waals surface area contributed by atoms with Crippen LogP contribution in [-0.4, -0.2) is 34.0 Å². The Labute approximate surface area is 202 Å². The molecule has 182 valence electrons. The molecule has 6 nitrogen and oxygen atoms in total. The molecular formula is C28H37N3O3. The van der Waals surface area contributed by atoms with E-state index < -0.39 is 6.04 Å². The molecule has 0 aliphatic carbocycles. The van der Waals surface area contributed by atoms with E-state index in [4.69, 9.17) is 9.72 Å². The first kappa shape index (κ1) is 25.5. The second-order valence-electron chi connectivity index (χ2n) is 10.3. The number of ether oxygens (including phenoxy) is 1. The van der Waals surface area contributed by atoms with Crippen molar-refractivity contribution >= 4 is 16.8 Å². The summed E-state index contributed by atoms with van der Waals surface area (Å²) in [5.41, 5.74) is 1.32. The lowest BCUT2D eigenvalue weighted by atomic mass is 9.84. The smallest absolute Gasteiger partial charge is 0.266 e. The van der Waals surface area contributed by atoms with E-state index in [1.807, 2.05) is 56.3 Å². The van der Waals surface area contributed by atoms with Crippen molar-refractivity contribution in [2.45, 2.75) is 60.4 Å². The molecule has 0 bridgehead atoms. The van der Waals surface area contributed by atoms with Crippen molar-refractivity contribution in [1.82, 2.24) is 14.5 Å². The SMILES string of the molecule is CCOc1ccc(-n2c(C(C)N(C)C(=O)CC(C)CC(C)(C)C)nc3ccccc3c2=O)cc1. The summed E-state index contributed by atoms with van der Waals surface area (Å²) >= 11 is 0. The number of rotatable bonds is 8. The Morgan fingerprint density at radius 3 is 2.35 bits per heavy atom. The minimum absolute atomic E-state index is 0.0462. The lowest BCUT2D eigenvalue weighted by molar-refractivity contribution is -0.133. The van der Waals surface area contributed by atoms with Gasteiger partial charge < -0.3 is 9.64 Å². The van der Waals surface area contributed by atoms with Crippen molar-refractivity contribution in [2.75, 3.05) is 13.7 Å². The summed E-state index contributed by atoms with van der Waals surface area (Å²) in [5, 5.41) is 0.542. The molecule has 0 fully saturated rings. The average Bonchev–Trinajstić information content (AvgIpc) is 2.77. The average molecular weight is 464 g/mol. The molecule has 0 aliphatic rings. The van der Waals surface area contributed by atoms with Gasteiger partial charge in [0.2, 0.25) is 5.91 Å². The summed E-state index contributed by atoms with van der Waals surface area (Å²) in [4.78, 5) is 33.3. The molecule has 0 spiro atoms. The Morgan fingerprint density at radius 2 is 1.74 bits per heavy atom. The number of carbonyl (C=O) groups excluding carboxylic acids is 1. The maximum absolute atomic E-state index is 13.6. The molecule has 2 atom stereocenters. The minimum atomic E-state index is -0.391. The molecule has 0 saturated carbocycles. The van der Waals surface area contributed by atoms with E-state index in [1.165, 1.54) is 0 Å². The topological polar surface area (TPSA) is 64.4 Å². The van der Waals surface area contributed by atoms with Crippen LogP contribution in [0.1, 0.15) is 66.3 Å². The summed E-state index contributed by atoms with van der Waals surface area (Å²) in [6, 6.07) is 14.3. The highest BCUT2D eigenvalue weighted by Gasteiger charge is 2.26. The zero-order valence-electron chi connectivity index (χ0n) is 21.5. The quantitative estimate of drug-likeness (QED) is 0.426. The number of aromatic nitrogens is 2. The Bertz CT molecular complexity index is 1190. The molecule has 0 radical (unpaired) electrons. The van der Waals surface area contributed by atoms with Gasteiger partial charge in [-0.3, -0.25) is 14.2 Å². The largest absolute Gasteiger partial charge is 0.494 e. The van der Waals surface area contributed by atoms with E-state index in [9.17, 15) is 9.59 Å². The van der Waals surface area contributed by atoms with Crippen LogP contribution < -0.4 is 10.3 Å². The highest BCUT2D eigenvalue weighted by Crippen LogP contribution is 2.28. The third-order valence-corrected chi connectivity index (χ3v) is 6.04. The highest BCUT2D eigenvalue weighted by molar-refractivity contribution is 5.79. The number of nitrogens with zero attached hydrogens (tertiary/aromatic N) is 3. The number of benzene rings is 2. The number of hydrogen-bond donors (Lipinski definition) is 0. The highest BCUT2D eigenvalue weighted by atomic mass is 16.5. The van der Waals surface area contributed by atoms with Crippen LogP contribution in [-0.2, 0) is 4.79 Å². The fourth-order valence-corrected chi connectivity index (χ4v) is 4.49. The van der Waals surface area contributed by atoms with Gasteiger partial charge in [0, 0.05) is 13.5 Å². The van der Waals surface area contributed by atoms with Gasteiger partial charge >= 0.3 is 0 Å². The van der Waals surface area contributed by atoms with Crippen molar-refractivity contribution in [3.63, 3.8) is 0 Å². The first-order valence-electron chi connectivity index (χ1n) is 12.0. The summed E-state index contributed by atoms with van der Waals surface area (Å²) < 4.78 is 7.18. The predicted molar refractivity (Wildman–Crippen MR) is 138 cm³/mol. The Balaban J connectivity index is 2.02. The molecule has 3 aromatic rings. The van der Waals surface area contributed by atoms with E-state index in [1.54, 1.807) is 22.6 Å². The maximum Gasteiger partial charge on any atom is 0.266 e. The maximum atomic E-state index is 13.6. The van der Waals surface area contributed by atoms with Crippen molar-refractivity contribution in [3.05, 3.63) is 64.7 Å². The second-order valence-corrected chi connectivity index (χ2v) is 10.3. The van der Waals surface area contributed by atoms with Crippen LogP contribution in [0.2, 0.25) is 0 Å². The number of carbonyl (C=O) groups is 1. The lowest BCUT2D eigenvalue weighted by Gasteiger charge is -2.29. The van der Waals surface area contributed by atoms with E-state index in [0.717, 1.165) is 12.2 Å². The first-order valence-corrected chi connectivity index (χ1v) is 12.0. The molecule has 6 heteroatoms. The van der Waals surface area contributed by atoms with Crippen molar-refractivity contribution < 1.29 is 9.53 Å². The normalized spacial score (nSPS) is 13.5. The molecule has 1 amide bonds. The first-order chi connectivity index (χ1) is 16.0. The zero-order chi connectivity index (χ0) is 25.0. The van der Waals surface area contributed by atoms with Gasteiger partial charge in [-0.15, -0.1) is 0 Å². The molecule has 3 rings (SSSR count). The van der Waals surface area contributed by atoms with Crippen molar-refractivity contribution in [2.24, 2.45) is 11.3 Å². The monoisotopic (exact) mass is 463 g/mol. The fourth-order valence-electron chi connectivity index (χ4n) is 4.49. The molecule has 0 N–H and O–H groups in total. The van der Waals surface area contributed by atoms with Crippen LogP contribution >= 0.6 is 0 Å². The van der Waals surface area contributed by atoms with Crippen LogP contribution in [0.4, 0.5) is 0 Å². The van der Waals surface area contributed by atoms with Gasteiger partial charge in [-0.2, -0.15) is 0 Å². The van der Waals surface area contributed by atoms with Gasteiger partial charge in [-0.05, 0) is 68.0 Å². The molecule has 0 saturated heterocycles. The summed E-state index contributed by atoms with van der Waals surface area (Å²) in [6.45, 7) is 13.1. The van der Waals surface area contributed by atoms with Crippen LogP contribution in [0.3, 0.4) is 0 Å². The van der Waals surface area contributed by atoms with Gasteiger partial charge in [-0.1, -0.05) is 39.8 Å². The van der Waals surface area contributed by atoms with E-state index in [0.29, 0.717) is 35.4 Å². The molecule has 0 aliphatic heterocycles. The predicted octanol–water partition coefficient (Wildman–Crippen LogP) is 5.77. The van der Waals surface area contributed by atoms with Crippen molar-refractivity contribution in [3.8, 4) is 11.4 Å². The Hall–Kier alpha value is -3.15. The van der Waals surface area contributed by atoms with Crippen LogP contribution in [0, 0.1) is 11.3 Å². The molecule has 1 heterocycles. The van der Waals surface area contributed by atoms with Crippen LogP contribution in [0.5, 0.6) is 5.75 Å². The van der Waals surface area contributed by atoms with Gasteiger partial charge in [0.1, 0.15) is 11.6 Å². The Morgan fingerprint density at radius 1 is 1.09 bits per heavy atom. The van der Waals surface area contributed by atoms with Gasteiger partial charge in [-0.25, -0.2) is 4.98 Å². The molecule has 34 heavy (non-hydrogen) atoms. The van der Waals surface area contributed by atoms with Crippen molar-refractivity contribution in [1.29, 1.82) is 0 Å². The zero-order valence-corrected chi connectivity index (χ0v) is 21.5. The summed E-state index contributed by atoms with van der Waals surface area (Å²) in [5.74, 6) is 1.58. The van der Waals surface area contributed by atoms with Gasteiger partial charge in [0.25, 0.3) is 5.56 Å². The van der Waals surface area contributed by atoms with E-state index in [-0.39, 0.29) is 22.8 Å². The Kier molecular flexibility index (Phi) is 7.80. The van der Waals surface area contributed by atoms with Crippen LogP contribution in [0.25, 0.3) is 16.6 Å². The van der Waals surface area contributed by atoms with E-state index >= 15 is 0 Å². The fraction of sp³-hybridized carbons (Fsp3) is 0.464. The molecule has 1 aromatic heterocycles. The standard InChI is InChI=1S/C28H37N3O3/c1-8-34-22-15-13-21(14-16-22)31-26(29-24-12-10-9-11-23(24)27(31)33)20(3)30(7)25(32)17-19(2)18-28(4,5)6/h9-16,19-20H,8,17-18H2,1-7H3. The molecule has 2 unspecified atom stereocenters. The van der Waals surface area contributed by atoms with Crippen LogP contribution in [0.15, 0.2) is 53.3 Å². The minimum Gasteiger partial charge on any atom is -0.494 e. The third kappa shape index (κ3) is 5.85.